The molecular weight excluding hydrogens is 272 g/mol. The Hall–Kier alpha value is -1.82. The van der Waals surface area contributed by atoms with E-state index in [2.05, 4.69) is 10.2 Å². The molecule has 1 amide bonds. The van der Waals surface area contributed by atoms with Gasteiger partial charge in [-0.3, -0.25) is 9.69 Å². The summed E-state index contributed by atoms with van der Waals surface area (Å²) in [5, 5.41) is 12.1. The van der Waals surface area contributed by atoms with Crippen molar-refractivity contribution in [1.82, 2.24) is 10.2 Å². The lowest BCUT2D eigenvalue weighted by molar-refractivity contribution is -0.125. The summed E-state index contributed by atoms with van der Waals surface area (Å²) < 4.78 is 5.42. The number of hydrogen-bond acceptors (Lipinski definition) is 4. The minimum Gasteiger partial charge on any atom is -0.475 e. The molecule has 0 aromatic carbocycles. The molecule has 3 rings (SSSR count). The van der Waals surface area contributed by atoms with Gasteiger partial charge < -0.3 is 14.8 Å². The van der Waals surface area contributed by atoms with Crippen molar-refractivity contribution in [3.05, 3.63) is 23.2 Å². The molecule has 0 saturated carbocycles. The van der Waals surface area contributed by atoms with Gasteiger partial charge in [0.05, 0.1) is 6.54 Å². The van der Waals surface area contributed by atoms with E-state index in [1.54, 1.807) is 13.0 Å². The molecule has 2 saturated heterocycles. The molecule has 2 aliphatic heterocycles. The number of aromatic carboxylic acids is 1. The molecule has 1 aromatic heterocycles. The van der Waals surface area contributed by atoms with Gasteiger partial charge in [0, 0.05) is 31.1 Å². The fourth-order valence-corrected chi connectivity index (χ4v) is 3.39. The molecule has 2 N–H and O–H groups in total. The number of furan rings is 1. The summed E-state index contributed by atoms with van der Waals surface area (Å²) in [6.07, 6.45) is 2.49. The zero-order valence-corrected chi connectivity index (χ0v) is 12.1. The SMILES string of the molecule is Cc1cc(CN2CCC3NC(=O)CCC3C2)oc1C(=O)O. The van der Waals surface area contributed by atoms with Gasteiger partial charge in [-0.2, -0.15) is 0 Å². The van der Waals surface area contributed by atoms with E-state index < -0.39 is 5.97 Å². The quantitative estimate of drug-likeness (QED) is 0.879. The van der Waals surface area contributed by atoms with Crippen molar-refractivity contribution >= 4 is 11.9 Å². The van der Waals surface area contributed by atoms with Gasteiger partial charge in [0.1, 0.15) is 5.76 Å². The minimum atomic E-state index is -1.02. The van der Waals surface area contributed by atoms with E-state index >= 15 is 0 Å². The third kappa shape index (κ3) is 2.95. The number of aryl methyl sites for hydroxylation is 1. The molecular formula is C15H20N2O4. The molecule has 2 atom stereocenters. The van der Waals surface area contributed by atoms with E-state index in [0.717, 1.165) is 25.9 Å². The zero-order valence-electron chi connectivity index (χ0n) is 12.1. The van der Waals surface area contributed by atoms with Crippen molar-refractivity contribution in [3.8, 4) is 0 Å². The highest BCUT2D eigenvalue weighted by Gasteiger charge is 2.33. The molecule has 1 aromatic rings. The average Bonchev–Trinajstić information content (AvgIpc) is 2.80. The summed E-state index contributed by atoms with van der Waals surface area (Å²) in [7, 11) is 0. The summed E-state index contributed by atoms with van der Waals surface area (Å²) in [6, 6.07) is 2.11. The van der Waals surface area contributed by atoms with Crippen LogP contribution in [0.25, 0.3) is 0 Å². The van der Waals surface area contributed by atoms with Crippen LogP contribution in [0.2, 0.25) is 0 Å². The first-order chi connectivity index (χ1) is 10.0. The molecule has 0 aliphatic carbocycles. The van der Waals surface area contributed by atoms with Crippen LogP contribution in [0, 0.1) is 12.8 Å². The Morgan fingerprint density at radius 1 is 1.52 bits per heavy atom. The minimum absolute atomic E-state index is 0.0322. The summed E-state index contributed by atoms with van der Waals surface area (Å²) in [6.45, 7) is 4.20. The Balaban J connectivity index is 1.63. The average molecular weight is 292 g/mol. The molecule has 2 fully saturated rings. The summed E-state index contributed by atoms with van der Waals surface area (Å²) in [5.41, 5.74) is 0.664. The van der Waals surface area contributed by atoms with Crippen LogP contribution in [0.4, 0.5) is 0 Å². The Morgan fingerprint density at radius 2 is 2.33 bits per heavy atom. The number of carbonyl (C=O) groups excluding carboxylic acids is 1. The van der Waals surface area contributed by atoms with E-state index in [4.69, 9.17) is 9.52 Å². The highest BCUT2D eigenvalue weighted by Crippen LogP contribution is 2.27. The second-order valence-corrected chi connectivity index (χ2v) is 6.03. The number of hydrogen-bond donors (Lipinski definition) is 2. The van der Waals surface area contributed by atoms with Crippen LogP contribution in [-0.2, 0) is 11.3 Å². The second kappa shape index (κ2) is 5.52. The Kier molecular flexibility index (Phi) is 3.71. The standard InChI is InChI=1S/C15H20N2O4/c1-9-6-11(21-14(9)15(19)20)8-17-5-4-12-10(7-17)2-3-13(18)16-12/h6,10,12H,2-5,7-8H2,1H3,(H,16,18)(H,19,20). The van der Waals surface area contributed by atoms with Crippen LogP contribution in [0.1, 0.15) is 41.1 Å². The van der Waals surface area contributed by atoms with Gasteiger partial charge in [-0.25, -0.2) is 4.79 Å². The largest absolute Gasteiger partial charge is 0.475 e. The van der Waals surface area contributed by atoms with E-state index in [1.165, 1.54) is 0 Å². The van der Waals surface area contributed by atoms with Gasteiger partial charge >= 0.3 is 5.97 Å². The van der Waals surface area contributed by atoms with Gasteiger partial charge in [0.2, 0.25) is 11.7 Å². The number of carboxylic acids is 1. The van der Waals surface area contributed by atoms with Gasteiger partial charge in [-0.15, -0.1) is 0 Å². The van der Waals surface area contributed by atoms with Crippen LogP contribution in [-0.4, -0.2) is 41.0 Å². The fourth-order valence-electron chi connectivity index (χ4n) is 3.39. The lowest BCUT2D eigenvalue weighted by Crippen LogP contribution is -2.53. The molecule has 21 heavy (non-hydrogen) atoms. The maximum atomic E-state index is 11.4. The number of carboxylic acid groups (broad SMARTS) is 1. The van der Waals surface area contributed by atoms with Crippen molar-refractivity contribution in [2.24, 2.45) is 5.92 Å². The van der Waals surface area contributed by atoms with Crippen molar-refractivity contribution in [2.45, 2.75) is 38.8 Å². The van der Waals surface area contributed by atoms with Gasteiger partial charge in [-0.1, -0.05) is 0 Å². The summed E-state index contributed by atoms with van der Waals surface area (Å²) in [5.74, 6) is 0.365. The zero-order chi connectivity index (χ0) is 15.0. The van der Waals surface area contributed by atoms with Crippen molar-refractivity contribution in [1.29, 1.82) is 0 Å². The van der Waals surface area contributed by atoms with Crippen LogP contribution in [0.15, 0.2) is 10.5 Å². The van der Waals surface area contributed by atoms with Gasteiger partial charge in [0.25, 0.3) is 0 Å². The topological polar surface area (TPSA) is 82.8 Å². The maximum absolute atomic E-state index is 11.4. The predicted molar refractivity (Wildman–Crippen MR) is 75.0 cm³/mol. The van der Waals surface area contributed by atoms with E-state index in [-0.39, 0.29) is 11.7 Å². The van der Waals surface area contributed by atoms with Crippen molar-refractivity contribution < 1.29 is 19.1 Å². The maximum Gasteiger partial charge on any atom is 0.372 e. The van der Waals surface area contributed by atoms with Crippen molar-refractivity contribution in [2.75, 3.05) is 13.1 Å². The number of amides is 1. The van der Waals surface area contributed by atoms with Gasteiger partial charge in [0.15, 0.2) is 0 Å². The van der Waals surface area contributed by atoms with Crippen LogP contribution < -0.4 is 5.32 Å². The molecule has 6 heteroatoms. The number of carbonyl (C=O) groups is 2. The highest BCUT2D eigenvalue weighted by molar-refractivity contribution is 5.86. The highest BCUT2D eigenvalue weighted by atomic mass is 16.4. The number of rotatable bonds is 3. The van der Waals surface area contributed by atoms with Crippen LogP contribution in [0.5, 0.6) is 0 Å². The smallest absolute Gasteiger partial charge is 0.372 e. The molecule has 2 aliphatic rings. The third-order valence-corrected chi connectivity index (χ3v) is 4.45. The third-order valence-electron chi connectivity index (χ3n) is 4.45. The first-order valence-electron chi connectivity index (χ1n) is 7.37. The van der Waals surface area contributed by atoms with E-state index in [9.17, 15) is 9.59 Å². The summed E-state index contributed by atoms with van der Waals surface area (Å²) in [4.78, 5) is 24.7. The van der Waals surface area contributed by atoms with E-state index in [1.807, 2.05) is 0 Å². The lowest BCUT2D eigenvalue weighted by Gasteiger charge is -2.41. The second-order valence-electron chi connectivity index (χ2n) is 6.03. The number of piperidine rings is 2. The summed E-state index contributed by atoms with van der Waals surface area (Å²) >= 11 is 0. The molecule has 3 heterocycles. The molecule has 6 nitrogen and oxygen atoms in total. The monoisotopic (exact) mass is 292 g/mol. The van der Waals surface area contributed by atoms with Crippen LogP contribution in [0.3, 0.4) is 0 Å². The first kappa shape index (κ1) is 14.1. The number of nitrogens with one attached hydrogen (secondary N) is 1. The Bertz CT molecular complexity index is 566. The first-order valence-corrected chi connectivity index (χ1v) is 7.37. The van der Waals surface area contributed by atoms with E-state index in [0.29, 0.717) is 36.2 Å². The van der Waals surface area contributed by atoms with Crippen LogP contribution >= 0.6 is 0 Å². The molecule has 0 bridgehead atoms. The Morgan fingerprint density at radius 3 is 3.05 bits per heavy atom. The molecule has 114 valence electrons. The fraction of sp³-hybridized carbons (Fsp3) is 0.600. The normalized spacial score (nSPS) is 26.2. The van der Waals surface area contributed by atoms with Crippen molar-refractivity contribution in [3.63, 3.8) is 0 Å². The molecule has 0 spiro atoms. The number of likely N-dealkylation sites (tertiary alicyclic amines) is 1. The predicted octanol–water partition coefficient (Wildman–Crippen LogP) is 1.39. The number of nitrogens with zero attached hydrogens (tertiary/aromatic N) is 1. The Labute approximate surface area is 123 Å². The van der Waals surface area contributed by atoms with Gasteiger partial charge in [-0.05, 0) is 31.7 Å². The molecule has 2 unspecified atom stereocenters. The number of fused-ring (bicyclic) bond motifs is 1. The lowest BCUT2D eigenvalue weighted by atomic mass is 9.85. The molecule has 0 radical (unpaired) electrons.